The van der Waals surface area contributed by atoms with Crippen LogP contribution in [0.25, 0.3) is 0 Å². The van der Waals surface area contributed by atoms with Crippen LogP contribution in [0.1, 0.15) is 17.3 Å². The van der Waals surface area contributed by atoms with Gasteiger partial charge in [-0.15, -0.1) is 6.42 Å². The molecule has 0 bridgehead atoms. The molecule has 1 N–H and O–H groups in total. The molecule has 0 aliphatic carbocycles. The van der Waals surface area contributed by atoms with Gasteiger partial charge in [0.1, 0.15) is 16.9 Å². The first-order valence-corrected chi connectivity index (χ1v) is 4.90. The second-order valence-corrected chi connectivity index (χ2v) is 3.53. The summed E-state index contributed by atoms with van der Waals surface area (Å²) in [7, 11) is 0. The number of pyridine rings is 1. The third-order valence-electron chi connectivity index (χ3n) is 1.89. The maximum atomic E-state index is 11.7. The summed E-state index contributed by atoms with van der Waals surface area (Å²) < 4.78 is 0. The number of nitrogens with zero attached hydrogens (tertiary/aromatic N) is 2. The van der Waals surface area contributed by atoms with Gasteiger partial charge in [0.15, 0.2) is 0 Å². The standard InChI is InChI=1S/C10H8ClN3O3/c1-3-6(2)13-10(15)7-4-9(11)12-5-8(7)14(16)17/h1,4-6H,2H3,(H,13,15). The molecule has 1 rings (SSSR count). The van der Waals surface area contributed by atoms with E-state index in [1.807, 2.05) is 0 Å². The Kier molecular flexibility index (Phi) is 4.01. The van der Waals surface area contributed by atoms with E-state index >= 15 is 0 Å². The second kappa shape index (κ2) is 5.27. The zero-order valence-corrected chi connectivity index (χ0v) is 9.56. The number of carbonyl (C=O) groups is 1. The lowest BCUT2D eigenvalue weighted by Gasteiger charge is -2.07. The van der Waals surface area contributed by atoms with E-state index in [9.17, 15) is 14.9 Å². The lowest BCUT2D eigenvalue weighted by molar-refractivity contribution is -0.385. The quantitative estimate of drug-likeness (QED) is 0.382. The van der Waals surface area contributed by atoms with E-state index in [4.69, 9.17) is 18.0 Å². The Bertz CT molecular complexity index is 510. The van der Waals surface area contributed by atoms with Gasteiger partial charge in [0.2, 0.25) is 0 Å². The van der Waals surface area contributed by atoms with Gasteiger partial charge in [0, 0.05) is 0 Å². The van der Waals surface area contributed by atoms with Crippen LogP contribution in [0, 0.1) is 22.5 Å². The van der Waals surface area contributed by atoms with Crippen molar-refractivity contribution in [2.45, 2.75) is 13.0 Å². The number of nitro groups is 1. The predicted octanol–water partition coefficient (Wildman–Crippen LogP) is 1.39. The molecule has 0 aromatic carbocycles. The highest BCUT2D eigenvalue weighted by Gasteiger charge is 2.21. The van der Waals surface area contributed by atoms with Crippen LogP contribution in [0.5, 0.6) is 0 Å². The molecule has 0 saturated carbocycles. The summed E-state index contributed by atoms with van der Waals surface area (Å²) >= 11 is 5.58. The van der Waals surface area contributed by atoms with Crippen molar-refractivity contribution >= 4 is 23.2 Å². The molecule has 6 nitrogen and oxygen atoms in total. The van der Waals surface area contributed by atoms with E-state index in [1.165, 1.54) is 0 Å². The number of halogens is 1. The van der Waals surface area contributed by atoms with Crippen molar-refractivity contribution in [1.82, 2.24) is 10.3 Å². The third-order valence-corrected chi connectivity index (χ3v) is 2.10. The van der Waals surface area contributed by atoms with Crippen LogP contribution < -0.4 is 5.32 Å². The molecule has 1 atom stereocenters. The van der Waals surface area contributed by atoms with Crippen molar-refractivity contribution < 1.29 is 9.72 Å². The topological polar surface area (TPSA) is 85.1 Å². The van der Waals surface area contributed by atoms with E-state index in [0.717, 1.165) is 12.3 Å². The molecular formula is C10H8ClN3O3. The number of carbonyl (C=O) groups excluding carboxylic acids is 1. The molecule has 1 unspecified atom stereocenters. The van der Waals surface area contributed by atoms with E-state index < -0.39 is 22.6 Å². The normalized spacial score (nSPS) is 11.4. The average Bonchev–Trinajstić information content (AvgIpc) is 2.28. The van der Waals surface area contributed by atoms with Gasteiger partial charge in [0.05, 0.1) is 11.0 Å². The second-order valence-electron chi connectivity index (χ2n) is 3.14. The van der Waals surface area contributed by atoms with E-state index in [0.29, 0.717) is 0 Å². The minimum atomic E-state index is -0.710. The highest BCUT2D eigenvalue weighted by Crippen LogP contribution is 2.20. The first-order valence-electron chi connectivity index (χ1n) is 4.52. The van der Waals surface area contributed by atoms with Crippen LogP contribution in [-0.2, 0) is 0 Å². The molecular weight excluding hydrogens is 246 g/mol. The fourth-order valence-corrected chi connectivity index (χ4v) is 1.22. The molecule has 88 valence electrons. The Morgan fingerprint density at radius 3 is 2.94 bits per heavy atom. The van der Waals surface area contributed by atoms with Crippen molar-refractivity contribution in [2.24, 2.45) is 0 Å². The fourth-order valence-electron chi connectivity index (χ4n) is 1.07. The number of aromatic nitrogens is 1. The molecule has 1 aromatic rings. The molecule has 0 aliphatic rings. The minimum Gasteiger partial charge on any atom is -0.338 e. The van der Waals surface area contributed by atoms with Crippen LogP contribution in [0.15, 0.2) is 12.3 Å². The molecule has 0 aliphatic heterocycles. The van der Waals surface area contributed by atoms with Crippen molar-refractivity contribution in [3.05, 3.63) is 33.1 Å². The number of rotatable bonds is 3. The molecule has 1 amide bonds. The van der Waals surface area contributed by atoms with Gasteiger partial charge < -0.3 is 5.32 Å². The van der Waals surface area contributed by atoms with Gasteiger partial charge in [-0.25, -0.2) is 4.98 Å². The summed E-state index contributed by atoms with van der Waals surface area (Å²) in [5.74, 6) is 1.62. The van der Waals surface area contributed by atoms with Crippen LogP contribution in [0.3, 0.4) is 0 Å². The molecule has 1 aromatic heterocycles. The summed E-state index contributed by atoms with van der Waals surface area (Å²) in [5, 5.41) is 13.1. The number of terminal acetylenes is 1. The zero-order chi connectivity index (χ0) is 13.0. The number of hydrogen-bond donors (Lipinski definition) is 1. The lowest BCUT2D eigenvalue weighted by atomic mass is 10.2. The first kappa shape index (κ1) is 12.9. The maximum absolute atomic E-state index is 11.7. The van der Waals surface area contributed by atoms with E-state index in [-0.39, 0.29) is 10.7 Å². The molecule has 0 spiro atoms. The van der Waals surface area contributed by atoms with Crippen molar-refractivity contribution in [1.29, 1.82) is 0 Å². The molecule has 1 heterocycles. The van der Waals surface area contributed by atoms with Crippen LogP contribution in [-0.4, -0.2) is 21.9 Å². The summed E-state index contributed by atoms with van der Waals surface area (Å²) in [6.45, 7) is 1.58. The van der Waals surface area contributed by atoms with E-state index in [1.54, 1.807) is 6.92 Å². The lowest BCUT2D eigenvalue weighted by Crippen LogP contribution is -2.31. The summed E-state index contributed by atoms with van der Waals surface area (Å²) in [4.78, 5) is 25.2. The average molecular weight is 254 g/mol. The highest BCUT2D eigenvalue weighted by molar-refractivity contribution is 6.29. The Morgan fingerprint density at radius 2 is 2.41 bits per heavy atom. The predicted molar refractivity (Wildman–Crippen MR) is 61.7 cm³/mol. The number of hydrogen-bond acceptors (Lipinski definition) is 4. The number of amides is 1. The molecule has 7 heteroatoms. The Balaban J connectivity index is 3.12. The van der Waals surface area contributed by atoms with Gasteiger partial charge in [-0.05, 0) is 13.0 Å². The van der Waals surface area contributed by atoms with Gasteiger partial charge in [0.25, 0.3) is 11.6 Å². The summed E-state index contributed by atoms with van der Waals surface area (Å²) in [5.41, 5.74) is -0.590. The first-order chi connectivity index (χ1) is 7.95. The monoisotopic (exact) mass is 253 g/mol. The Hall–Kier alpha value is -2.13. The Labute approximate surface area is 102 Å². The fraction of sp³-hybridized carbons (Fsp3) is 0.200. The van der Waals surface area contributed by atoms with Gasteiger partial charge in [-0.1, -0.05) is 17.5 Å². The van der Waals surface area contributed by atoms with Crippen LogP contribution >= 0.6 is 11.6 Å². The van der Waals surface area contributed by atoms with E-state index in [2.05, 4.69) is 16.2 Å². The smallest absolute Gasteiger partial charge is 0.300 e. The summed E-state index contributed by atoms with van der Waals surface area (Å²) in [6, 6.07) is 0.590. The minimum absolute atomic E-state index is 0.00545. The largest absolute Gasteiger partial charge is 0.338 e. The molecule has 0 fully saturated rings. The van der Waals surface area contributed by atoms with Gasteiger partial charge in [-0.3, -0.25) is 14.9 Å². The third kappa shape index (κ3) is 3.16. The van der Waals surface area contributed by atoms with Crippen molar-refractivity contribution in [2.75, 3.05) is 0 Å². The Morgan fingerprint density at radius 1 is 1.76 bits per heavy atom. The van der Waals surface area contributed by atoms with Crippen LogP contribution in [0.2, 0.25) is 5.15 Å². The molecule has 17 heavy (non-hydrogen) atoms. The van der Waals surface area contributed by atoms with Gasteiger partial charge >= 0.3 is 0 Å². The molecule has 0 saturated heterocycles. The number of nitrogens with one attached hydrogen (secondary N) is 1. The molecule has 0 radical (unpaired) electrons. The maximum Gasteiger partial charge on any atom is 0.300 e. The zero-order valence-electron chi connectivity index (χ0n) is 8.81. The summed E-state index contributed by atoms with van der Waals surface area (Å²) in [6.07, 6.45) is 6.02. The van der Waals surface area contributed by atoms with Gasteiger partial charge in [-0.2, -0.15) is 0 Å². The highest BCUT2D eigenvalue weighted by atomic mass is 35.5. The van der Waals surface area contributed by atoms with Crippen molar-refractivity contribution in [3.63, 3.8) is 0 Å². The SMILES string of the molecule is C#CC(C)NC(=O)c1cc(Cl)ncc1[N+](=O)[O-]. The van der Waals surface area contributed by atoms with Crippen LogP contribution in [0.4, 0.5) is 5.69 Å². The van der Waals surface area contributed by atoms with Crippen molar-refractivity contribution in [3.8, 4) is 12.3 Å².